The van der Waals surface area contributed by atoms with E-state index in [1.54, 1.807) is 47.5 Å². The minimum absolute atomic E-state index is 0.0150. The Kier molecular flexibility index (Phi) is 4.83. The van der Waals surface area contributed by atoms with Crippen molar-refractivity contribution in [3.8, 4) is 22.6 Å². The number of para-hydroxylation sites is 1. The normalized spacial score (nSPS) is 11.2. The Balaban J connectivity index is 1.56. The first-order valence-electron chi connectivity index (χ1n) is 9.53. The molecule has 0 unspecified atom stereocenters. The molecule has 1 aromatic carbocycles. The molecular formula is C21H16ClN7O3. The lowest BCUT2D eigenvalue weighted by molar-refractivity contribution is -0.135. The molecule has 0 atom stereocenters. The van der Waals surface area contributed by atoms with Crippen LogP contribution in [0.1, 0.15) is 0 Å². The number of rotatable bonds is 6. The molecular weight excluding hydrogens is 434 g/mol. The predicted octanol–water partition coefficient (Wildman–Crippen LogP) is 3.89. The van der Waals surface area contributed by atoms with Gasteiger partial charge in [-0.05, 0) is 18.2 Å². The number of hydrogen-bond donors (Lipinski definition) is 2. The number of aromatic amines is 1. The fraction of sp³-hybridized carbons (Fsp3) is 0.0952. The number of H-pyrrole nitrogens is 1. The van der Waals surface area contributed by atoms with Crippen LogP contribution in [0.25, 0.3) is 33.6 Å². The number of nitrogens with one attached hydrogen (secondary N) is 1. The number of carboxylic acid groups (broad SMARTS) is 1. The molecule has 0 spiro atoms. The summed E-state index contributed by atoms with van der Waals surface area (Å²) >= 11 is 6.27. The van der Waals surface area contributed by atoms with Crippen LogP contribution in [0.5, 0.6) is 0 Å². The SMILES string of the molecule is Cn1cc(-c2cnc3[nH]cc(-c4nnc(N(CC(=O)O)c5ccccc5Cl)o4)c3c2)cn1. The number of fused-ring (bicyclic) bond motifs is 1. The second kappa shape index (κ2) is 7.82. The number of aliphatic carboxylic acids is 1. The summed E-state index contributed by atoms with van der Waals surface area (Å²) in [5.74, 6) is -0.846. The van der Waals surface area contributed by atoms with E-state index in [1.165, 1.54) is 4.90 Å². The third kappa shape index (κ3) is 3.56. The van der Waals surface area contributed by atoms with Gasteiger partial charge in [-0.3, -0.25) is 14.4 Å². The number of nitrogens with zero attached hydrogens (tertiary/aromatic N) is 6. The molecule has 0 saturated carbocycles. The van der Waals surface area contributed by atoms with Gasteiger partial charge >= 0.3 is 12.0 Å². The maximum Gasteiger partial charge on any atom is 0.323 e. The molecule has 32 heavy (non-hydrogen) atoms. The third-order valence-electron chi connectivity index (χ3n) is 4.88. The molecule has 0 amide bonds. The lowest BCUT2D eigenvalue weighted by Gasteiger charge is -2.18. The minimum atomic E-state index is -1.07. The summed E-state index contributed by atoms with van der Waals surface area (Å²) in [7, 11) is 1.85. The Labute approximate surface area is 186 Å². The Hall–Kier alpha value is -4.18. The molecule has 0 fully saturated rings. The molecule has 0 aliphatic heterocycles. The number of carbonyl (C=O) groups is 1. The largest absolute Gasteiger partial charge is 0.480 e. The Morgan fingerprint density at radius 2 is 2.09 bits per heavy atom. The topological polar surface area (TPSA) is 126 Å². The molecule has 0 bridgehead atoms. The Morgan fingerprint density at radius 3 is 2.84 bits per heavy atom. The number of halogens is 1. The predicted molar refractivity (Wildman–Crippen MR) is 118 cm³/mol. The van der Waals surface area contributed by atoms with E-state index in [2.05, 4.69) is 25.3 Å². The van der Waals surface area contributed by atoms with Gasteiger partial charge in [-0.15, -0.1) is 5.10 Å². The van der Waals surface area contributed by atoms with Crippen LogP contribution in [-0.2, 0) is 11.8 Å². The van der Waals surface area contributed by atoms with Crippen LogP contribution in [0.3, 0.4) is 0 Å². The summed E-state index contributed by atoms with van der Waals surface area (Å²) in [6, 6.07) is 8.82. The summed E-state index contributed by atoms with van der Waals surface area (Å²) in [6.45, 7) is -0.397. The Bertz CT molecular complexity index is 1440. The Morgan fingerprint density at radius 1 is 1.25 bits per heavy atom. The molecule has 2 N–H and O–H groups in total. The van der Waals surface area contributed by atoms with Crippen molar-refractivity contribution in [3.05, 3.63) is 60.1 Å². The smallest absolute Gasteiger partial charge is 0.323 e. The average Bonchev–Trinajstić information content (AvgIpc) is 3.51. The van der Waals surface area contributed by atoms with E-state index in [1.807, 2.05) is 19.3 Å². The molecule has 5 aromatic rings. The zero-order valence-corrected chi connectivity index (χ0v) is 17.5. The van der Waals surface area contributed by atoms with Gasteiger partial charge < -0.3 is 14.5 Å². The first-order valence-corrected chi connectivity index (χ1v) is 9.91. The van der Waals surface area contributed by atoms with E-state index >= 15 is 0 Å². The summed E-state index contributed by atoms with van der Waals surface area (Å²) in [5, 5.41) is 22.9. The van der Waals surface area contributed by atoms with Crippen molar-refractivity contribution in [3.63, 3.8) is 0 Å². The van der Waals surface area contributed by atoms with Gasteiger partial charge in [0.15, 0.2) is 0 Å². The van der Waals surface area contributed by atoms with Gasteiger partial charge in [-0.2, -0.15) is 5.10 Å². The first-order chi connectivity index (χ1) is 15.5. The molecule has 0 aliphatic rings. The van der Waals surface area contributed by atoms with Crippen molar-refractivity contribution >= 4 is 40.3 Å². The maximum atomic E-state index is 11.5. The second-order valence-corrected chi connectivity index (χ2v) is 7.45. The van der Waals surface area contributed by atoms with E-state index in [-0.39, 0.29) is 11.9 Å². The van der Waals surface area contributed by atoms with Gasteiger partial charge in [-0.25, -0.2) is 4.98 Å². The molecule has 0 radical (unpaired) electrons. The van der Waals surface area contributed by atoms with Crippen LogP contribution < -0.4 is 4.90 Å². The average molecular weight is 450 g/mol. The van der Waals surface area contributed by atoms with Crippen LogP contribution >= 0.6 is 11.6 Å². The second-order valence-electron chi connectivity index (χ2n) is 7.05. The fourth-order valence-corrected chi connectivity index (χ4v) is 3.64. The molecule has 10 nitrogen and oxygen atoms in total. The van der Waals surface area contributed by atoms with Crippen molar-refractivity contribution in [2.75, 3.05) is 11.4 Å². The van der Waals surface area contributed by atoms with Gasteiger partial charge in [0.05, 0.1) is 22.5 Å². The highest BCUT2D eigenvalue weighted by Crippen LogP contribution is 2.34. The van der Waals surface area contributed by atoms with Crippen molar-refractivity contribution in [1.82, 2.24) is 29.9 Å². The molecule has 160 valence electrons. The van der Waals surface area contributed by atoms with E-state index in [4.69, 9.17) is 16.0 Å². The minimum Gasteiger partial charge on any atom is -0.480 e. The number of aromatic nitrogens is 6. The van der Waals surface area contributed by atoms with Crippen LogP contribution in [0.2, 0.25) is 5.02 Å². The number of carboxylic acids is 1. The van der Waals surface area contributed by atoms with E-state index < -0.39 is 12.5 Å². The fourth-order valence-electron chi connectivity index (χ4n) is 3.40. The highest BCUT2D eigenvalue weighted by atomic mass is 35.5. The van der Waals surface area contributed by atoms with Gasteiger partial charge in [0.1, 0.15) is 12.2 Å². The molecule has 4 heterocycles. The molecule has 0 saturated heterocycles. The van der Waals surface area contributed by atoms with E-state index in [9.17, 15) is 9.90 Å². The standard InChI is InChI=1S/C21H16ClN7O3/c1-28-10-13(8-25-28)12-6-14-15(9-24-19(14)23-7-12)20-26-27-21(32-20)29(11-18(30)31)17-5-3-2-4-16(17)22/h2-10H,11H2,1H3,(H,23,24)(H,30,31). The van der Waals surface area contributed by atoms with E-state index in [0.717, 1.165) is 16.5 Å². The first kappa shape index (κ1) is 19.8. The number of pyridine rings is 1. The van der Waals surface area contributed by atoms with Crippen molar-refractivity contribution in [2.24, 2.45) is 7.05 Å². The zero-order valence-electron chi connectivity index (χ0n) is 16.7. The third-order valence-corrected chi connectivity index (χ3v) is 5.20. The van der Waals surface area contributed by atoms with Crippen molar-refractivity contribution in [2.45, 2.75) is 0 Å². The van der Waals surface area contributed by atoms with Gasteiger partial charge in [-0.1, -0.05) is 28.8 Å². The number of benzene rings is 1. The van der Waals surface area contributed by atoms with Gasteiger partial charge in [0, 0.05) is 42.2 Å². The maximum absolute atomic E-state index is 11.5. The molecule has 5 rings (SSSR count). The number of hydrogen-bond acceptors (Lipinski definition) is 7. The molecule has 11 heteroatoms. The van der Waals surface area contributed by atoms with Crippen molar-refractivity contribution < 1.29 is 14.3 Å². The summed E-state index contributed by atoms with van der Waals surface area (Å²) in [6.07, 6.45) is 7.13. The van der Waals surface area contributed by atoms with Gasteiger partial charge in [0.2, 0.25) is 0 Å². The summed E-state index contributed by atoms with van der Waals surface area (Å²) in [4.78, 5) is 20.4. The van der Waals surface area contributed by atoms with Crippen LogP contribution in [0.15, 0.2) is 59.5 Å². The van der Waals surface area contributed by atoms with Crippen LogP contribution in [-0.4, -0.2) is 47.6 Å². The zero-order chi connectivity index (χ0) is 22.2. The molecule has 4 aromatic heterocycles. The lowest BCUT2D eigenvalue weighted by atomic mass is 10.1. The number of anilines is 2. The molecule has 0 aliphatic carbocycles. The summed E-state index contributed by atoms with van der Waals surface area (Å²) < 4.78 is 7.59. The number of aryl methyl sites for hydroxylation is 1. The van der Waals surface area contributed by atoms with Crippen LogP contribution in [0.4, 0.5) is 11.7 Å². The monoisotopic (exact) mass is 449 g/mol. The highest BCUT2D eigenvalue weighted by Gasteiger charge is 2.23. The van der Waals surface area contributed by atoms with Crippen LogP contribution in [0, 0.1) is 0 Å². The van der Waals surface area contributed by atoms with Gasteiger partial charge in [0.25, 0.3) is 5.89 Å². The lowest BCUT2D eigenvalue weighted by Crippen LogP contribution is -2.25. The quantitative estimate of drug-likeness (QED) is 0.400. The van der Waals surface area contributed by atoms with Crippen molar-refractivity contribution in [1.29, 1.82) is 0 Å². The highest BCUT2D eigenvalue weighted by molar-refractivity contribution is 6.33. The van der Waals surface area contributed by atoms with E-state index in [0.29, 0.717) is 21.9 Å². The summed E-state index contributed by atoms with van der Waals surface area (Å²) in [5.41, 5.74) is 3.56.